The molecule has 0 amide bonds. The highest BCUT2D eigenvalue weighted by atomic mass is 16.4. The molecule has 4 heteroatoms. The number of allylic oxidation sites excluding steroid dienone is 2. The lowest BCUT2D eigenvalue weighted by atomic mass is 9.99. The second kappa shape index (κ2) is 3.84. The Morgan fingerprint density at radius 2 is 2.43 bits per heavy atom. The van der Waals surface area contributed by atoms with Gasteiger partial charge in [0.1, 0.15) is 0 Å². The molecule has 76 valence electrons. The topological polar surface area (TPSA) is 61.4 Å². The first kappa shape index (κ1) is 9.27. The smallest absolute Gasteiger partial charge is 0.309 e. The minimum atomic E-state index is -0.795. The molecule has 1 unspecified atom stereocenters. The third-order valence-electron chi connectivity index (χ3n) is 2.53. The molecule has 1 atom stereocenters. The van der Waals surface area contributed by atoms with Crippen LogP contribution in [0.25, 0.3) is 0 Å². The van der Waals surface area contributed by atoms with E-state index < -0.39 is 5.97 Å². The number of carbonyl (C=O) groups is 1. The lowest BCUT2D eigenvalue weighted by molar-refractivity contribution is -0.136. The predicted molar refractivity (Wildman–Crippen MR) is 52.6 cm³/mol. The minimum absolute atomic E-state index is 0.0714. The number of carboxylic acid groups (broad SMARTS) is 1. The van der Waals surface area contributed by atoms with Crippen LogP contribution in [-0.2, 0) is 4.79 Å². The second-order valence-corrected chi connectivity index (χ2v) is 3.64. The van der Waals surface area contributed by atoms with Crippen LogP contribution in [0.4, 0.5) is 0 Å². The van der Waals surface area contributed by atoms with Gasteiger partial charge in [0.2, 0.25) is 0 Å². The molecule has 4 nitrogen and oxygen atoms in total. The summed E-state index contributed by atoms with van der Waals surface area (Å²) in [6, 6.07) is 0. The Morgan fingerprint density at radius 1 is 1.57 bits per heavy atom. The van der Waals surface area contributed by atoms with E-state index >= 15 is 0 Å². The van der Waals surface area contributed by atoms with Crippen molar-refractivity contribution >= 4 is 5.97 Å². The third kappa shape index (κ3) is 1.96. The normalized spacial score (nSPS) is 25.6. The zero-order valence-electron chi connectivity index (χ0n) is 7.92. The lowest BCUT2D eigenvalue weighted by Gasteiger charge is -2.31. The molecule has 0 aromatic rings. The second-order valence-electron chi connectivity index (χ2n) is 3.64. The number of nitrogens with one attached hydrogen (secondary N) is 2. The summed E-state index contributed by atoms with van der Waals surface area (Å²) in [6.45, 7) is 0.995. The summed E-state index contributed by atoms with van der Waals surface area (Å²) in [5.74, 6) is -0.795. The highest BCUT2D eigenvalue weighted by Crippen LogP contribution is 2.19. The van der Waals surface area contributed by atoms with Crippen molar-refractivity contribution in [3.05, 3.63) is 23.4 Å². The largest absolute Gasteiger partial charge is 0.481 e. The van der Waals surface area contributed by atoms with Gasteiger partial charge in [-0.2, -0.15) is 0 Å². The molecular formula is C10H14N2O2. The quantitative estimate of drug-likeness (QED) is 0.602. The molecule has 2 aliphatic rings. The van der Waals surface area contributed by atoms with E-state index in [9.17, 15) is 4.79 Å². The number of hydrogen-bond acceptors (Lipinski definition) is 3. The van der Waals surface area contributed by atoms with Crippen LogP contribution < -0.4 is 10.6 Å². The van der Waals surface area contributed by atoms with Crippen molar-refractivity contribution in [2.24, 2.45) is 0 Å². The molecule has 0 aromatic heterocycles. The fourth-order valence-corrected chi connectivity index (χ4v) is 1.85. The maximum absolute atomic E-state index is 10.5. The Balaban J connectivity index is 2.06. The molecule has 3 N–H and O–H groups in total. The monoisotopic (exact) mass is 194 g/mol. The first-order chi connectivity index (χ1) is 6.75. The fraction of sp³-hybridized carbons (Fsp3) is 0.500. The molecule has 14 heavy (non-hydrogen) atoms. The first-order valence-corrected chi connectivity index (χ1v) is 4.87. The Kier molecular flexibility index (Phi) is 2.54. The summed E-state index contributed by atoms with van der Waals surface area (Å²) in [7, 11) is 0. The van der Waals surface area contributed by atoms with Gasteiger partial charge >= 0.3 is 5.97 Å². The summed E-state index contributed by atoms with van der Waals surface area (Å²) in [6.07, 6.45) is 6.39. The van der Waals surface area contributed by atoms with Crippen molar-refractivity contribution in [2.45, 2.75) is 25.4 Å². The van der Waals surface area contributed by atoms with Crippen molar-refractivity contribution in [3.8, 4) is 0 Å². The molecule has 2 rings (SSSR count). The van der Waals surface area contributed by atoms with Crippen LogP contribution >= 0.6 is 0 Å². The molecule has 0 aliphatic carbocycles. The van der Waals surface area contributed by atoms with Gasteiger partial charge in [-0.05, 0) is 31.0 Å². The molecule has 0 spiro atoms. The van der Waals surface area contributed by atoms with E-state index in [1.807, 2.05) is 12.2 Å². The molecule has 1 fully saturated rings. The van der Waals surface area contributed by atoms with E-state index in [-0.39, 0.29) is 12.6 Å². The molecule has 0 bridgehead atoms. The van der Waals surface area contributed by atoms with Crippen molar-refractivity contribution in [2.75, 3.05) is 6.54 Å². The molecule has 0 aromatic carbocycles. The van der Waals surface area contributed by atoms with E-state index in [2.05, 4.69) is 10.6 Å². The molecule has 0 saturated carbocycles. The van der Waals surface area contributed by atoms with Gasteiger partial charge in [0.05, 0.1) is 12.6 Å². The van der Waals surface area contributed by atoms with E-state index in [0.29, 0.717) is 0 Å². The average molecular weight is 194 g/mol. The van der Waals surface area contributed by atoms with E-state index in [0.717, 1.165) is 25.1 Å². The van der Waals surface area contributed by atoms with Gasteiger partial charge in [-0.3, -0.25) is 10.1 Å². The van der Waals surface area contributed by atoms with Crippen LogP contribution in [0.3, 0.4) is 0 Å². The average Bonchev–Trinajstić information content (AvgIpc) is 2.17. The van der Waals surface area contributed by atoms with Crippen LogP contribution in [-0.4, -0.2) is 23.8 Å². The van der Waals surface area contributed by atoms with Gasteiger partial charge in [0.25, 0.3) is 0 Å². The van der Waals surface area contributed by atoms with Gasteiger partial charge < -0.3 is 10.4 Å². The lowest BCUT2D eigenvalue weighted by Crippen LogP contribution is -2.47. The Labute approximate surface area is 82.7 Å². The maximum Gasteiger partial charge on any atom is 0.309 e. The molecule has 1 saturated heterocycles. The number of carboxylic acids is 1. The standard InChI is InChI=1S/C10H14N2O2/c13-9(14)6-8-4-3-7-2-1-5-11-10(7)12-8/h3-4,10-12H,1-2,5-6H2,(H,13,14). The number of aliphatic carboxylic acids is 1. The van der Waals surface area contributed by atoms with E-state index in [1.165, 1.54) is 5.57 Å². The predicted octanol–water partition coefficient (Wildman–Crippen LogP) is 0.584. The summed E-state index contributed by atoms with van der Waals surface area (Å²) in [5.41, 5.74) is 2.10. The highest BCUT2D eigenvalue weighted by Gasteiger charge is 2.21. The third-order valence-corrected chi connectivity index (χ3v) is 2.53. The van der Waals surface area contributed by atoms with Gasteiger partial charge in [0.15, 0.2) is 0 Å². The molecular weight excluding hydrogens is 180 g/mol. The van der Waals surface area contributed by atoms with Gasteiger partial charge in [-0.15, -0.1) is 0 Å². The van der Waals surface area contributed by atoms with Crippen LogP contribution in [0.5, 0.6) is 0 Å². The molecule has 0 radical (unpaired) electrons. The summed E-state index contributed by atoms with van der Waals surface area (Å²) in [5, 5.41) is 15.1. The Hall–Kier alpha value is -1.29. The van der Waals surface area contributed by atoms with Crippen molar-refractivity contribution < 1.29 is 9.90 Å². The van der Waals surface area contributed by atoms with Crippen LogP contribution in [0.2, 0.25) is 0 Å². The number of fused-ring (bicyclic) bond motifs is 1. The van der Waals surface area contributed by atoms with Gasteiger partial charge in [-0.1, -0.05) is 6.08 Å². The van der Waals surface area contributed by atoms with Crippen molar-refractivity contribution in [1.29, 1.82) is 0 Å². The van der Waals surface area contributed by atoms with Crippen LogP contribution in [0, 0.1) is 0 Å². The zero-order chi connectivity index (χ0) is 9.97. The zero-order valence-corrected chi connectivity index (χ0v) is 7.92. The number of dihydropyridines is 1. The van der Waals surface area contributed by atoms with E-state index in [1.54, 1.807) is 0 Å². The number of piperidine rings is 1. The van der Waals surface area contributed by atoms with E-state index in [4.69, 9.17) is 5.11 Å². The summed E-state index contributed by atoms with van der Waals surface area (Å²) in [4.78, 5) is 10.5. The van der Waals surface area contributed by atoms with Crippen molar-refractivity contribution in [3.63, 3.8) is 0 Å². The van der Waals surface area contributed by atoms with Crippen molar-refractivity contribution in [1.82, 2.24) is 10.6 Å². The molecule has 2 heterocycles. The minimum Gasteiger partial charge on any atom is -0.481 e. The van der Waals surface area contributed by atoms with Gasteiger partial charge in [-0.25, -0.2) is 0 Å². The first-order valence-electron chi connectivity index (χ1n) is 4.87. The number of hydrogen-bond donors (Lipinski definition) is 3. The summed E-state index contributed by atoms with van der Waals surface area (Å²) >= 11 is 0. The Morgan fingerprint density at radius 3 is 3.21 bits per heavy atom. The number of rotatable bonds is 2. The van der Waals surface area contributed by atoms with Gasteiger partial charge in [0, 0.05) is 5.70 Å². The molecule has 2 aliphatic heterocycles. The highest BCUT2D eigenvalue weighted by molar-refractivity contribution is 5.70. The summed E-state index contributed by atoms with van der Waals surface area (Å²) < 4.78 is 0. The van der Waals surface area contributed by atoms with Crippen LogP contribution in [0.15, 0.2) is 23.4 Å². The maximum atomic E-state index is 10.5. The fourth-order valence-electron chi connectivity index (χ4n) is 1.85. The SMILES string of the molecule is O=C(O)CC1=CC=C2CCCNC2N1. The van der Waals surface area contributed by atoms with Crippen LogP contribution in [0.1, 0.15) is 19.3 Å². The Bertz CT molecular complexity index is 307.